The molecule has 1 saturated heterocycles. The van der Waals surface area contributed by atoms with Crippen LogP contribution in [0.2, 0.25) is 0 Å². The van der Waals surface area contributed by atoms with Crippen molar-refractivity contribution < 1.29 is 13.2 Å². The number of hydrogen-bond donors (Lipinski definition) is 1. The average molecular weight is 396 g/mol. The van der Waals surface area contributed by atoms with Gasteiger partial charge in [0.05, 0.1) is 11.2 Å². The summed E-state index contributed by atoms with van der Waals surface area (Å²) in [6, 6.07) is 12.6. The summed E-state index contributed by atoms with van der Waals surface area (Å²) in [7, 11) is -3.57. The maximum atomic E-state index is 12.7. The molecule has 0 unspecified atom stereocenters. The van der Waals surface area contributed by atoms with E-state index in [1.54, 1.807) is 12.3 Å². The van der Waals surface area contributed by atoms with Crippen molar-refractivity contribution in [3.05, 3.63) is 61.1 Å². The number of pyridine rings is 2. The monoisotopic (exact) mass is 396 g/mol. The Kier molecular flexibility index (Phi) is 5.06. The molecule has 1 N–H and O–H groups in total. The Morgan fingerprint density at radius 3 is 2.54 bits per heavy atom. The molecular formula is C20H20N4O3S. The lowest BCUT2D eigenvalue weighted by Crippen LogP contribution is -2.41. The summed E-state index contributed by atoms with van der Waals surface area (Å²) in [5.41, 5.74) is 1.42. The molecule has 0 aliphatic carbocycles. The second kappa shape index (κ2) is 7.65. The number of para-hydroxylation sites is 1. The van der Waals surface area contributed by atoms with E-state index in [4.69, 9.17) is 0 Å². The lowest BCUT2D eigenvalue weighted by molar-refractivity contribution is -0.120. The number of carbonyl (C=O) groups excluding carboxylic acids is 1. The van der Waals surface area contributed by atoms with Crippen LogP contribution in [-0.4, -0.2) is 41.7 Å². The maximum Gasteiger partial charge on any atom is 0.244 e. The van der Waals surface area contributed by atoms with Gasteiger partial charge in [-0.1, -0.05) is 18.2 Å². The Morgan fingerprint density at radius 2 is 1.79 bits per heavy atom. The van der Waals surface area contributed by atoms with Crippen molar-refractivity contribution in [1.29, 1.82) is 0 Å². The topological polar surface area (TPSA) is 92.3 Å². The lowest BCUT2D eigenvalue weighted by atomic mass is 9.97. The number of anilines is 1. The quantitative estimate of drug-likeness (QED) is 0.732. The van der Waals surface area contributed by atoms with Crippen molar-refractivity contribution in [3.63, 3.8) is 0 Å². The first kappa shape index (κ1) is 18.5. The first-order valence-corrected chi connectivity index (χ1v) is 10.5. The molecule has 7 nitrogen and oxygen atoms in total. The molecule has 1 amide bonds. The van der Waals surface area contributed by atoms with Crippen molar-refractivity contribution in [2.24, 2.45) is 5.92 Å². The summed E-state index contributed by atoms with van der Waals surface area (Å²) >= 11 is 0. The van der Waals surface area contributed by atoms with Crippen LogP contribution in [0.25, 0.3) is 10.9 Å². The predicted octanol–water partition coefficient (Wildman–Crippen LogP) is 2.67. The van der Waals surface area contributed by atoms with Crippen LogP contribution in [0.5, 0.6) is 0 Å². The maximum absolute atomic E-state index is 12.7. The van der Waals surface area contributed by atoms with E-state index >= 15 is 0 Å². The van der Waals surface area contributed by atoms with Gasteiger partial charge in [0.1, 0.15) is 4.90 Å². The molecule has 1 aliphatic rings. The third-order valence-corrected chi connectivity index (χ3v) is 6.87. The number of rotatable bonds is 4. The molecule has 0 atom stereocenters. The van der Waals surface area contributed by atoms with Crippen molar-refractivity contribution >= 4 is 32.5 Å². The zero-order valence-electron chi connectivity index (χ0n) is 15.2. The molecule has 3 aromatic rings. The van der Waals surface area contributed by atoms with Gasteiger partial charge in [-0.3, -0.25) is 14.8 Å². The van der Waals surface area contributed by atoms with Crippen LogP contribution in [-0.2, 0) is 14.8 Å². The fourth-order valence-corrected chi connectivity index (χ4v) is 4.88. The number of benzene rings is 1. The summed E-state index contributed by atoms with van der Waals surface area (Å²) in [6.45, 7) is 0.617. The van der Waals surface area contributed by atoms with Gasteiger partial charge in [0.15, 0.2) is 0 Å². The summed E-state index contributed by atoms with van der Waals surface area (Å²) in [5.74, 6) is -0.337. The molecule has 2 aromatic heterocycles. The second-order valence-electron chi connectivity index (χ2n) is 6.74. The second-order valence-corrected chi connectivity index (χ2v) is 8.67. The number of carbonyl (C=O) groups is 1. The van der Waals surface area contributed by atoms with Gasteiger partial charge in [0.25, 0.3) is 0 Å². The summed E-state index contributed by atoms with van der Waals surface area (Å²) in [5, 5.41) is 3.92. The van der Waals surface area contributed by atoms with Crippen molar-refractivity contribution in [1.82, 2.24) is 14.3 Å². The van der Waals surface area contributed by atoms with Crippen molar-refractivity contribution in [2.75, 3.05) is 18.4 Å². The average Bonchev–Trinajstić information content (AvgIpc) is 2.75. The highest BCUT2D eigenvalue weighted by Gasteiger charge is 2.32. The largest absolute Gasteiger partial charge is 0.324 e. The number of fused-ring (bicyclic) bond motifs is 1. The van der Waals surface area contributed by atoms with E-state index in [2.05, 4.69) is 15.3 Å². The standard InChI is InChI=1S/C20H20N4O3S/c25-20(23-18-7-1-4-15-5-2-11-22-19(15)18)16-8-12-24(13-9-16)28(26,27)17-6-3-10-21-14-17/h1-7,10-11,14,16H,8-9,12-13H2,(H,23,25). The molecule has 0 bridgehead atoms. The Balaban J connectivity index is 1.43. The van der Waals surface area contributed by atoms with Gasteiger partial charge in [0.2, 0.25) is 15.9 Å². The van der Waals surface area contributed by atoms with E-state index in [9.17, 15) is 13.2 Å². The Bertz CT molecular complexity index is 1090. The number of aromatic nitrogens is 2. The fourth-order valence-electron chi connectivity index (χ4n) is 3.45. The number of piperidine rings is 1. The lowest BCUT2D eigenvalue weighted by Gasteiger charge is -2.30. The molecule has 4 rings (SSSR count). The first-order chi connectivity index (χ1) is 13.6. The molecule has 0 saturated carbocycles. The SMILES string of the molecule is O=C(Nc1cccc2cccnc12)C1CCN(S(=O)(=O)c2cccnc2)CC1. The van der Waals surface area contributed by atoms with Gasteiger partial charge in [-0.05, 0) is 37.1 Å². The van der Waals surface area contributed by atoms with Crippen LogP contribution in [0, 0.1) is 5.92 Å². The highest BCUT2D eigenvalue weighted by atomic mass is 32.2. The smallest absolute Gasteiger partial charge is 0.244 e. The molecule has 8 heteroatoms. The fraction of sp³-hybridized carbons (Fsp3) is 0.250. The van der Waals surface area contributed by atoms with Gasteiger partial charge in [-0.25, -0.2) is 8.42 Å². The van der Waals surface area contributed by atoms with Crippen LogP contribution in [0.3, 0.4) is 0 Å². The Hall–Kier alpha value is -2.84. The van der Waals surface area contributed by atoms with E-state index in [0.717, 1.165) is 10.9 Å². The zero-order valence-corrected chi connectivity index (χ0v) is 16.0. The third kappa shape index (κ3) is 3.61. The normalized spacial score (nSPS) is 16.1. The van der Waals surface area contributed by atoms with Gasteiger partial charge < -0.3 is 5.32 Å². The molecule has 28 heavy (non-hydrogen) atoms. The van der Waals surface area contributed by atoms with Crippen LogP contribution in [0.1, 0.15) is 12.8 Å². The van der Waals surface area contributed by atoms with E-state index in [1.807, 2.05) is 30.3 Å². The number of amides is 1. The minimum absolute atomic E-state index is 0.100. The Labute approximate surface area is 163 Å². The number of hydrogen-bond acceptors (Lipinski definition) is 5. The number of sulfonamides is 1. The van der Waals surface area contributed by atoms with Gasteiger partial charge in [-0.2, -0.15) is 4.31 Å². The minimum Gasteiger partial charge on any atom is -0.324 e. The predicted molar refractivity (Wildman–Crippen MR) is 106 cm³/mol. The van der Waals surface area contributed by atoms with Crippen LogP contribution < -0.4 is 5.32 Å². The molecule has 3 heterocycles. The van der Waals surface area contributed by atoms with Gasteiger partial charge >= 0.3 is 0 Å². The van der Waals surface area contributed by atoms with Gasteiger partial charge in [-0.15, -0.1) is 0 Å². The van der Waals surface area contributed by atoms with Crippen LogP contribution in [0.4, 0.5) is 5.69 Å². The third-order valence-electron chi connectivity index (χ3n) is 4.99. The van der Waals surface area contributed by atoms with Crippen molar-refractivity contribution in [2.45, 2.75) is 17.7 Å². The summed E-state index contributed by atoms with van der Waals surface area (Å²) in [4.78, 5) is 21.1. The van der Waals surface area contributed by atoms with Crippen LogP contribution in [0.15, 0.2) is 66.0 Å². The van der Waals surface area contributed by atoms with E-state index in [1.165, 1.54) is 22.8 Å². The van der Waals surface area contributed by atoms with E-state index in [0.29, 0.717) is 31.6 Å². The van der Waals surface area contributed by atoms with Crippen molar-refractivity contribution in [3.8, 4) is 0 Å². The van der Waals surface area contributed by atoms with E-state index < -0.39 is 10.0 Å². The molecule has 1 fully saturated rings. The summed E-state index contributed by atoms with van der Waals surface area (Å²) in [6.07, 6.45) is 5.53. The molecule has 0 radical (unpaired) electrons. The van der Waals surface area contributed by atoms with Crippen LogP contribution >= 0.6 is 0 Å². The Morgan fingerprint density at radius 1 is 1.04 bits per heavy atom. The molecule has 1 aliphatic heterocycles. The highest BCUT2D eigenvalue weighted by molar-refractivity contribution is 7.89. The zero-order chi connectivity index (χ0) is 19.6. The molecule has 144 valence electrons. The van der Waals surface area contributed by atoms with Gasteiger partial charge in [0, 0.05) is 43.0 Å². The minimum atomic E-state index is -3.57. The summed E-state index contributed by atoms with van der Waals surface area (Å²) < 4.78 is 26.8. The molecule has 0 spiro atoms. The highest BCUT2D eigenvalue weighted by Crippen LogP contribution is 2.26. The number of nitrogens with zero attached hydrogens (tertiary/aromatic N) is 3. The number of nitrogens with one attached hydrogen (secondary N) is 1. The molecule has 1 aromatic carbocycles. The molecular weight excluding hydrogens is 376 g/mol. The van der Waals surface area contributed by atoms with E-state index in [-0.39, 0.29) is 16.7 Å². The first-order valence-electron chi connectivity index (χ1n) is 9.10.